The summed E-state index contributed by atoms with van der Waals surface area (Å²) in [5.41, 5.74) is 5.65. The molecule has 10 heavy (non-hydrogen) atoms. The topological polar surface area (TPSA) is 49.8 Å². The fraction of sp³-hybridized carbons (Fsp3) is 0.857. The minimum Gasteiger partial charge on any atom is -0.327 e. The highest BCUT2D eigenvalue weighted by Gasteiger charge is 1.97. The summed E-state index contributed by atoms with van der Waals surface area (Å²) in [4.78, 5) is 0. The highest BCUT2D eigenvalue weighted by molar-refractivity contribution is 7.99. The smallest absolute Gasteiger partial charge is 0.0630 e. The standard InChI is InChI=1S/C7H14N2S/c1-2-7(9)6-10-5-3-4-8/h7H,2-3,5-6,9H2,1H3. The molecule has 0 saturated carbocycles. The molecule has 0 aromatic rings. The van der Waals surface area contributed by atoms with Gasteiger partial charge in [-0.25, -0.2) is 0 Å². The van der Waals surface area contributed by atoms with Gasteiger partial charge in [0.05, 0.1) is 6.07 Å². The summed E-state index contributed by atoms with van der Waals surface area (Å²) in [6.07, 6.45) is 1.67. The molecule has 0 aliphatic rings. The third-order valence-corrected chi connectivity index (χ3v) is 2.37. The zero-order valence-corrected chi connectivity index (χ0v) is 7.16. The van der Waals surface area contributed by atoms with E-state index in [9.17, 15) is 0 Å². The molecule has 58 valence electrons. The Balaban J connectivity index is 2.98. The Morgan fingerprint density at radius 1 is 1.70 bits per heavy atom. The molecule has 0 bridgehead atoms. The fourth-order valence-corrected chi connectivity index (χ4v) is 1.41. The SMILES string of the molecule is CCC(N)CSCCC#N. The van der Waals surface area contributed by atoms with Crippen LogP contribution in [0.1, 0.15) is 19.8 Å². The van der Waals surface area contributed by atoms with Crippen LogP contribution in [0.3, 0.4) is 0 Å². The van der Waals surface area contributed by atoms with Gasteiger partial charge in [-0.3, -0.25) is 0 Å². The predicted molar refractivity (Wildman–Crippen MR) is 45.8 cm³/mol. The summed E-state index contributed by atoms with van der Waals surface area (Å²) in [7, 11) is 0. The van der Waals surface area contributed by atoms with Gasteiger partial charge in [0.15, 0.2) is 0 Å². The highest BCUT2D eigenvalue weighted by Crippen LogP contribution is 2.04. The molecule has 0 saturated heterocycles. The fourth-order valence-electron chi connectivity index (χ4n) is 0.470. The Morgan fingerprint density at radius 2 is 2.40 bits per heavy atom. The molecule has 3 heteroatoms. The monoisotopic (exact) mass is 158 g/mol. The van der Waals surface area contributed by atoms with Crippen LogP contribution in [-0.4, -0.2) is 17.5 Å². The van der Waals surface area contributed by atoms with Gasteiger partial charge in [-0.05, 0) is 6.42 Å². The van der Waals surface area contributed by atoms with Crippen molar-refractivity contribution in [1.82, 2.24) is 0 Å². The van der Waals surface area contributed by atoms with Crippen LogP contribution in [0.25, 0.3) is 0 Å². The molecular formula is C7H14N2S. The number of thioether (sulfide) groups is 1. The van der Waals surface area contributed by atoms with Crippen molar-refractivity contribution in [2.45, 2.75) is 25.8 Å². The van der Waals surface area contributed by atoms with Crippen LogP contribution in [0.4, 0.5) is 0 Å². The van der Waals surface area contributed by atoms with Crippen LogP contribution in [-0.2, 0) is 0 Å². The lowest BCUT2D eigenvalue weighted by Crippen LogP contribution is -2.21. The van der Waals surface area contributed by atoms with Crippen molar-refractivity contribution in [3.63, 3.8) is 0 Å². The third-order valence-electron chi connectivity index (χ3n) is 1.21. The number of nitriles is 1. The lowest BCUT2D eigenvalue weighted by molar-refractivity contribution is 0.725. The van der Waals surface area contributed by atoms with Crippen LogP contribution < -0.4 is 5.73 Å². The molecule has 2 nitrogen and oxygen atoms in total. The van der Waals surface area contributed by atoms with Gasteiger partial charge in [0.25, 0.3) is 0 Å². The van der Waals surface area contributed by atoms with Crippen molar-refractivity contribution in [2.75, 3.05) is 11.5 Å². The first-order valence-electron chi connectivity index (χ1n) is 3.51. The molecular weight excluding hydrogens is 144 g/mol. The average molecular weight is 158 g/mol. The Morgan fingerprint density at radius 3 is 2.90 bits per heavy atom. The number of hydrogen-bond donors (Lipinski definition) is 1. The summed E-state index contributed by atoms with van der Waals surface area (Å²) in [5, 5.41) is 8.19. The minimum atomic E-state index is 0.309. The van der Waals surface area contributed by atoms with Crippen molar-refractivity contribution >= 4 is 11.8 Å². The quantitative estimate of drug-likeness (QED) is 0.615. The van der Waals surface area contributed by atoms with Crippen LogP contribution in [0, 0.1) is 11.3 Å². The van der Waals surface area contributed by atoms with Gasteiger partial charge in [-0.2, -0.15) is 17.0 Å². The molecule has 0 spiro atoms. The molecule has 0 amide bonds. The average Bonchev–Trinajstić information content (AvgIpc) is 1.98. The lowest BCUT2D eigenvalue weighted by atomic mass is 10.3. The second-order valence-corrected chi connectivity index (χ2v) is 3.30. The first kappa shape index (κ1) is 9.80. The summed E-state index contributed by atoms with van der Waals surface area (Å²) in [6.45, 7) is 2.08. The first-order chi connectivity index (χ1) is 4.81. The van der Waals surface area contributed by atoms with Gasteiger partial charge in [0.2, 0.25) is 0 Å². The largest absolute Gasteiger partial charge is 0.327 e. The van der Waals surface area contributed by atoms with E-state index in [0.717, 1.165) is 17.9 Å². The van der Waals surface area contributed by atoms with Gasteiger partial charge in [-0.15, -0.1) is 0 Å². The van der Waals surface area contributed by atoms with Crippen molar-refractivity contribution in [3.8, 4) is 6.07 Å². The van der Waals surface area contributed by atoms with Crippen LogP contribution in [0.5, 0.6) is 0 Å². The van der Waals surface area contributed by atoms with E-state index in [2.05, 4.69) is 13.0 Å². The molecule has 0 fully saturated rings. The molecule has 1 unspecified atom stereocenters. The highest BCUT2D eigenvalue weighted by atomic mass is 32.2. The van der Waals surface area contributed by atoms with Crippen molar-refractivity contribution in [1.29, 1.82) is 5.26 Å². The maximum absolute atomic E-state index is 8.19. The molecule has 0 aromatic heterocycles. The van der Waals surface area contributed by atoms with E-state index < -0.39 is 0 Å². The Hall–Kier alpha value is -0.200. The van der Waals surface area contributed by atoms with Gasteiger partial charge in [0.1, 0.15) is 0 Å². The normalized spacial score (nSPS) is 12.5. The zero-order chi connectivity index (χ0) is 7.82. The molecule has 0 aliphatic heterocycles. The second-order valence-electron chi connectivity index (χ2n) is 2.15. The summed E-state index contributed by atoms with van der Waals surface area (Å²) >= 11 is 1.76. The molecule has 0 rings (SSSR count). The Bertz CT molecular complexity index is 109. The van der Waals surface area contributed by atoms with Crippen molar-refractivity contribution in [2.24, 2.45) is 5.73 Å². The zero-order valence-electron chi connectivity index (χ0n) is 6.34. The molecule has 0 radical (unpaired) electrons. The number of hydrogen-bond acceptors (Lipinski definition) is 3. The van der Waals surface area contributed by atoms with E-state index in [1.54, 1.807) is 11.8 Å². The van der Waals surface area contributed by atoms with Gasteiger partial charge in [0, 0.05) is 24.0 Å². The van der Waals surface area contributed by atoms with Crippen LogP contribution in [0.2, 0.25) is 0 Å². The van der Waals surface area contributed by atoms with Crippen LogP contribution >= 0.6 is 11.8 Å². The summed E-state index contributed by atoms with van der Waals surface area (Å²) < 4.78 is 0. The van der Waals surface area contributed by atoms with E-state index in [0.29, 0.717) is 12.5 Å². The van der Waals surface area contributed by atoms with Crippen LogP contribution in [0.15, 0.2) is 0 Å². The van der Waals surface area contributed by atoms with E-state index in [4.69, 9.17) is 11.0 Å². The van der Waals surface area contributed by atoms with Gasteiger partial charge < -0.3 is 5.73 Å². The Labute approximate surface area is 66.8 Å². The second kappa shape index (κ2) is 6.91. The van der Waals surface area contributed by atoms with E-state index in [-0.39, 0.29) is 0 Å². The lowest BCUT2D eigenvalue weighted by Gasteiger charge is -2.05. The maximum atomic E-state index is 8.19. The number of rotatable bonds is 5. The summed E-state index contributed by atoms with van der Waals surface area (Å²) in [5.74, 6) is 1.91. The molecule has 0 heterocycles. The van der Waals surface area contributed by atoms with E-state index in [1.807, 2.05) is 0 Å². The van der Waals surface area contributed by atoms with Crippen molar-refractivity contribution in [3.05, 3.63) is 0 Å². The Kier molecular flexibility index (Phi) is 6.78. The van der Waals surface area contributed by atoms with E-state index >= 15 is 0 Å². The number of nitrogens with two attached hydrogens (primary N) is 1. The first-order valence-corrected chi connectivity index (χ1v) is 4.67. The molecule has 0 aromatic carbocycles. The summed E-state index contributed by atoms with van der Waals surface area (Å²) in [6, 6.07) is 2.41. The number of nitrogens with zero attached hydrogens (tertiary/aromatic N) is 1. The van der Waals surface area contributed by atoms with E-state index in [1.165, 1.54) is 0 Å². The molecule has 0 aliphatic carbocycles. The maximum Gasteiger partial charge on any atom is 0.0630 e. The minimum absolute atomic E-state index is 0.309. The molecule has 1 atom stereocenters. The van der Waals surface area contributed by atoms with Crippen molar-refractivity contribution < 1.29 is 0 Å². The van der Waals surface area contributed by atoms with Gasteiger partial charge >= 0.3 is 0 Å². The predicted octanol–water partition coefficient (Wildman–Crippen LogP) is 1.37. The molecule has 2 N–H and O–H groups in total. The van der Waals surface area contributed by atoms with Gasteiger partial charge in [-0.1, -0.05) is 6.92 Å². The third kappa shape index (κ3) is 5.93.